The molecular formula is C23H22N4O4. The average Bonchev–Trinajstić information content (AvgIpc) is 3.33. The number of imide groups is 1. The van der Waals surface area contributed by atoms with E-state index >= 15 is 0 Å². The molecule has 1 aliphatic rings. The van der Waals surface area contributed by atoms with Gasteiger partial charge in [-0.2, -0.15) is 0 Å². The van der Waals surface area contributed by atoms with E-state index in [1.165, 1.54) is 11.6 Å². The van der Waals surface area contributed by atoms with Crippen LogP contribution in [-0.2, 0) is 16.0 Å². The van der Waals surface area contributed by atoms with Crippen molar-refractivity contribution < 1.29 is 18.8 Å². The van der Waals surface area contributed by atoms with Gasteiger partial charge in [0, 0.05) is 18.4 Å². The van der Waals surface area contributed by atoms with Crippen LogP contribution in [0.5, 0.6) is 0 Å². The van der Waals surface area contributed by atoms with Gasteiger partial charge in [0.25, 0.3) is 5.91 Å². The summed E-state index contributed by atoms with van der Waals surface area (Å²) < 4.78 is 5.55. The Morgan fingerprint density at radius 1 is 1.06 bits per heavy atom. The van der Waals surface area contributed by atoms with Gasteiger partial charge in [-0.05, 0) is 35.2 Å². The van der Waals surface area contributed by atoms with Crippen molar-refractivity contribution in [2.45, 2.75) is 39.0 Å². The molecule has 4 rings (SSSR count). The molecule has 3 amide bonds. The molecule has 1 fully saturated rings. The summed E-state index contributed by atoms with van der Waals surface area (Å²) in [5.74, 6) is -0.178. The van der Waals surface area contributed by atoms with Gasteiger partial charge in [-0.1, -0.05) is 49.3 Å². The predicted octanol–water partition coefficient (Wildman–Crippen LogP) is 3.69. The molecule has 2 aromatic carbocycles. The molecular weight excluding hydrogens is 396 g/mol. The number of nitrogens with zero attached hydrogens (tertiary/aromatic N) is 3. The Morgan fingerprint density at radius 2 is 1.77 bits per heavy atom. The molecule has 3 aromatic rings. The molecule has 2 heterocycles. The maximum absolute atomic E-state index is 12.6. The Kier molecular flexibility index (Phi) is 5.62. The highest BCUT2D eigenvalue weighted by atomic mass is 16.4. The monoisotopic (exact) mass is 418 g/mol. The number of hydrogen-bond donors (Lipinski definition) is 1. The molecule has 0 unspecified atom stereocenters. The van der Waals surface area contributed by atoms with Crippen LogP contribution < -0.4 is 10.2 Å². The zero-order valence-corrected chi connectivity index (χ0v) is 17.3. The average molecular weight is 418 g/mol. The molecule has 0 bridgehead atoms. The summed E-state index contributed by atoms with van der Waals surface area (Å²) >= 11 is 0. The smallest absolute Gasteiger partial charge is 0.322 e. The third-order valence-electron chi connectivity index (χ3n) is 5.11. The van der Waals surface area contributed by atoms with Gasteiger partial charge in [0.05, 0.1) is 12.1 Å². The number of carbonyl (C=O) groups excluding carboxylic acids is 3. The van der Waals surface area contributed by atoms with E-state index in [0.717, 1.165) is 10.5 Å². The molecule has 1 N–H and O–H groups in total. The van der Waals surface area contributed by atoms with Crippen LogP contribution in [0, 0.1) is 0 Å². The van der Waals surface area contributed by atoms with Gasteiger partial charge >= 0.3 is 6.01 Å². The number of rotatable bonds is 6. The van der Waals surface area contributed by atoms with Crippen LogP contribution in [0.15, 0.2) is 52.9 Å². The van der Waals surface area contributed by atoms with Crippen LogP contribution >= 0.6 is 0 Å². The van der Waals surface area contributed by atoms with Crippen molar-refractivity contribution in [1.82, 2.24) is 10.2 Å². The number of hydrogen-bond acceptors (Lipinski definition) is 6. The van der Waals surface area contributed by atoms with E-state index in [2.05, 4.69) is 41.5 Å². The molecule has 1 aliphatic heterocycles. The maximum Gasteiger partial charge on any atom is 0.322 e. The van der Waals surface area contributed by atoms with Crippen LogP contribution in [0.4, 0.5) is 11.7 Å². The first-order valence-corrected chi connectivity index (χ1v) is 10.1. The lowest BCUT2D eigenvalue weighted by molar-refractivity contribution is -0.121. The van der Waals surface area contributed by atoms with Gasteiger partial charge in [0.1, 0.15) is 0 Å². The van der Waals surface area contributed by atoms with Gasteiger partial charge in [0.2, 0.25) is 17.7 Å². The first-order valence-electron chi connectivity index (χ1n) is 10.1. The van der Waals surface area contributed by atoms with Crippen LogP contribution in [0.1, 0.15) is 60.0 Å². The number of aromatic nitrogens is 2. The molecule has 0 atom stereocenters. The second-order valence-corrected chi connectivity index (χ2v) is 7.70. The molecule has 0 radical (unpaired) electrons. The summed E-state index contributed by atoms with van der Waals surface area (Å²) in [7, 11) is 0. The van der Waals surface area contributed by atoms with Gasteiger partial charge in [-0.25, -0.2) is 0 Å². The van der Waals surface area contributed by atoms with E-state index in [9.17, 15) is 14.4 Å². The molecule has 0 aliphatic carbocycles. The van der Waals surface area contributed by atoms with Crippen LogP contribution in [0.25, 0.3) is 0 Å². The van der Waals surface area contributed by atoms with E-state index in [-0.39, 0.29) is 36.2 Å². The van der Waals surface area contributed by atoms with Crippen molar-refractivity contribution in [1.29, 1.82) is 0 Å². The topological polar surface area (TPSA) is 105 Å². The second kappa shape index (κ2) is 8.51. The Hall–Kier alpha value is -3.81. The van der Waals surface area contributed by atoms with E-state index in [4.69, 9.17) is 4.42 Å². The highest BCUT2D eigenvalue weighted by Crippen LogP contribution is 2.24. The van der Waals surface area contributed by atoms with Crippen LogP contribution in [0.2, 0.25) is 0 Å². The van der Waals surface area contributed by atoms with Crippen molar-refractivity contribution in [3.05, 3.63) is 71.1 Å². The lowest BCUT2D eigenvalue weighted by Gasteiger charge is -2.14. The molecule has 0 saturated carbocycles. The van der Waals surface area contributed by atoms with Crippen LogP contribution in [0.3, 0.4) is 0 Å². The SMILES string of the molecule is CC(C)c1ccc(Cc2nnc(NC(=O)c3cccc(N4C(=O)CCC4=O)c3)o2)cc1. The van der Waals surface area contributed by atoms with Gasteiger partial charge in [-0.3, -0.25) is 24.6 Å². The summed E-state index contributed by atoms with van der Waals surface area (Å²) in [6, 6.07) is 14.5. The number of nitrogens with one attached hydrogen (secondary N) is 1. The highest BCUT2D eigenvalue weighted by Gasteiger charge is 2.30. The lowest BCUT2D eigenvalue weighted by atomic mass is 10.0. The molecule has 8 nitrogen and oxygen atoms in total. The van der Waals surface area contributed by atoms with Gasteiger partial charge < -0.3 is 4.42 Å². The minimum absolute atomic E-state index is 0.0162. The second-order valence-electron chi connectivity index (χ2n) is 7.70. The molecule has 8 heteroatoms. The van der Waals surface area contributed by atoms with Gasteiger partial charge in [-0.15, -0.1) is 5.10 Å². The van der Waals surface area contributed by atoms with Crippen molar-refractivity contribution in [2.24, 2.45) is 0 Å². The summed E-state index contributed by atoms with van der Waals surface area (Å²) in [4.78, 5) is 37.6. The normalized spacial score (nSPS) is 13.8. The molecule has 158 valence electrons. The largest absolute Gasteiger partial charge is 0.407 e. The van der Waals surface area contributed by atoms with E-state index in [1.807, 2.05) is 12.1 Å². The van der Waals surface area contributed by atoms with E-state index in [0.29, 0.717) is 23.9 Å². The lowest BCUT2D eigenvalue weighted by Crippen LogP contribution is -2.28. The fourth-order valence-corrected chi connectivity index (χ4v) is 3.39. The minimum atomic E-state index is -0.475. The minimum Gasteiger partial charge on any atom is -0.407 e. The van der Waals surface area contributed by atoms with Crippen molar-refractivity contribution in [3.63, 3.8) is 0 Å². The third-order valence-corrected chi connectivity index (χ3v) is 5.11. The van der Waals surface area contributed by atoms with Crippen molar-refractivity contribution in [2.75, 3.05) is 10.2 Å². The van der Waals surface area contributed by atoms with Crippen molar-refractivity contribution >= 4 is 29.4 Å². The maximum atomic E-state index is 12.6. The predicted molar refractivity (Wildman–Crippen MR) is 114 cm³/mol. The van der Waals surface area contributed by atoms with Gasteiger partial charge in [0.15, 0.2) is 0 Å². The Labute approximate surface area is 179 Å². The number of anilines is 2. The molecule has 1 aromatic heterocycles. The number of benzene rings is 2. The van der Waals surface area contributed by atoms with E-state index < -0.39 is 5.91 Å². The molecule has 31 heavy (non-hydrogen) atoms. The standard InChI is InChI=1S/C23H22N4O4/c1-14(2)16-8-6-15(7-9-16)12-19-25-26-23(31-19)24-22(30)17-4-3-5-18(13-17)27-20(28)10-11-21(27)29/h3-9,13-14H,10-12H2,1-2H3,(H,24,26,30). The summed E-state index contributed by atoms with van der Waals surface area (Å²) in [6.45, 7) is 4.27. The van der Waals surface area contributed by atoms with E-state index in [1.54, 1.807) is 18.2 Å². The number of amides is 3. The zero-order chi connectivity index (χ0) is 22.0. The highest BCUT2D eigenvalue weighted by molar-refractivity contribution is 6.20. The molecule has 1 saturated heterocycles. The zero-order valence-electron chi connectivity index (χ0n) is 17.3. The molecule has 0 spiro atoms. The Balaban J connectivity index is 1.43. The quantitative estimate of drug-likeness (QED) is 0.612. The summed E-state index contributed by atoms with van der Waals surface area (Å²) in [6.07, 6.45) is 0.816. The fraction of sp³-hybridized carbons (Fsp3) is 0.261. The summed E-state index contributed by atoms with van der Waals surface area (Å²) in [5, 5.41) is 10.4. The third kappa shape index (κ3) is 4.53. The Bertz CT molecular complexity index is 1120. The summed E-state index contributed by atoms with van der Waals surface area (Å²) in [5.41, 5.74) is 2.92. The van der Waals surface area contributed by atoms with Crippen LogP contribution in [-0.4, -0.2) is 27.9 Å². The number of carbonyl (C=O) groups is 3. The first-order chi connectivity index (χ1) is 14.9. The van der Waals surface area contributed by atoms with Crippen molar-refractivity contribution in [3.8, 4) is 0 Å². The first kappa shape index (κ1) is 20.5. The fourth-order valence-electron chi connectivity index (χ4n) is 3.39. The Morgan fingerprint density at radius 3 is 2.45 bits per heavy atom.